The van der Waals surface area contributed by atoms with Crippen molar-refractivity contribution < 1.29 is 27.5 Å². The first-order valence-corrected chi connectivity index (χ1v) is 18.6. The highest BCUT2D eigenvalue weighted by molar-refractivity contribution is 7.90. The number of ether oxygens (including phenoxy) is 2. The molecule has 1 saturated carbocycles. The third kappa shape index (κ3) is 6.05. The van der Waals surface area contributed by atoms with Gasteiger partial charge in [-0.15, -0.1) is 0 Å². The molecule has 2 aromatic carbocycles. The van der Waals surface area contributed by atoms with Gasteiger partial charge in [0.15, 0.2) is 0 Å². The maximum absolute atomic E-state index is 13.9. The zero-order valence-corrected chi connectivity index (χ0v) is 29.3. The Bertz CT molecular complexity index is 2080. The zero-order valence-electron chi connectivity index (χ0n) is 28.5. The molecule has 1 saturated heterocycles. The van der Waals surface area contributed by atoms with Crippen LogP contribution in [0.5, 0.6) is 5.75 Å². The number of aromatic nitrogens is 3. The molecule has 2 aliphatic heterocycles. The normalized spacial score (nSPS) is 17.0. The SMILES string of the molecule is COc1ccc2c(c1)C=C(c1c(C(=O)N3CCOCC3)cnn1C)Cn1c-2c(C2CCCCC2)c2ccc(C(=O)NS(=O)(=O)C(C)C)cc21. The predicted octanol–water partition coefficient (Wildman–Crippen LogP) is 5.59. The molecule has 0 unspecified atom stereocenters. The Balaban J connectivity index is 1.45. The molecule has 12 heteroatoms. The Kier molecular flexibility index (Phi) is 8.87. The van der Waals surface area contributed by atoms with Gasteiger partial charge in [-0.1, -0.05) is 25.3 Å². The average Bonchev–Trinajstić information content (AvgIpc) is 3.59. The number of amides is 2. The topological polar surface area (TPSA) is 125 Å². The van der Waals surface area contributed by atoms with Crippen molar-refractivity contribution >= 4 is 44.4 Å². The average molecular weight is 686 g/mol. The molecule has 49 heavy (non-hydrogen) atoms. The number of benzene rings is 2. The van der Waals surface area contributed by atoms with Gasteiger partial charge in [0.25, 0.3) is 11.8 Å². The van der Waals surface area contributed by atoms with Gasteiger partial charge in [-0.3, -0.25) is 14.3 Å². The summed E-state index contributed by atoms with van der Waals surface area (Å²) in [5, 5.41) is 4.86. The summed E-state index contributed by atoms with van der Waals surface area (Å²) in [6, 6.07) is 11.6. The van der Waals surface area contributed by atoms with E-state index < -0.39 is 21.2 Å². The second-order valence-electron chi connectivity index (χ2n) is 13.5. The Morgan fingerprint density at radius 2 is 1.78 bits per heavy atom. The number of sulfonamides is 1. The van der Waals surface area contributed by atoms with E-state index in [2.05, 4.69) is 26.5 Å². The van der Waals surface area contributed by atoms with E-state index in [0.717, 1.165) is 70.4 Å². The molecule has 1 aliphatic carbocycles. The third-order valence-electron chi connectivity index (χ3n) is 10.2. The predicted molar refractivity (Wildman–Crippen MR) is 189 cm³/mol. The molecule has 11 nitrogen and oxygen atoms in total. The van der Waals surface area contributed by atoms with Crippen LogP contribution >= 0.6 is 0 Å². The molecular formula is C37H43N5O6S. The van der Waals surface area contributed by atoms with Crippen LogP contribution in [0.15, 0.2) is 42.6 Å². The number of hydrogen-bond donors (Lipinski definition) is 1. The molecule has 4 aromatic rings. The van der Waals surface area contributed by atoms with E-state index in [1.54, 1.807) is 37.9 Å². The molecule has 0 radical (unpaired) electrons. The minimum atomic E-state index is -3.83. The van der Waals surface area contributed by atoms with Crippen molar-refractivity contribution in [1.82, 2.24) is 24.0 Å². The van der Waals surface area contributed by atoms with Gasteiger partial charge in [0, 0.05) is 42.2 Å². The van der Waals surface area contributed by atoms with Gasteiger partial charge in [-0.25, -0.2) is 13.1 Å². The first kappa shape index (κ1) is 33.1. The first-order chi connectivity index (χ1) is 23.6. The van der Waals surface area contributed by atoms with Gasteiger partial charge in [0.2, 0.25) is 10.0 Å². The van der Waals surface area contributed by atoms with Crippen molar-refractivity contribution in [1.29, 1.82) is 0 Å². The van der Waals surface area contributed by atoms with Crippen LogP contribution in [-0.4, -0.2) is 78.1 Å². The van der Waals surface area contributed by atoms with Gasteiger partial charge >= 0.3 is 0 Å². The maximum atomic E-state index is 13.9. The monoisotopic (exact) mass is 685 g/mol. The Morgan fingerprint density at radius 1 is 1.02 bits per heavy atom. The van der Waals surface area contributed by atoms with Gasteiger partial charge in [0.05, 0.1) is 55.3 Å². The first-order valence-electron chi connectivity index (χ1n) is 17.1. The Labute approximate surface area is 286 Å². The molecule has 2 fully saturated rings. The van der Waals surface area contributed by atoms with E-state index in [1.807, 2.05) is 36.2 Å². The molecule has 0 atom stereocenters. The zero-order chi connectivity index (χ0) is 34.4. The number of carbonyl (C=O) groups excluding carboxylic acids is 2. The van der Waals surface area contributed by atoms with E-state index in [1.165, 1.54) is 12.0 Å². The van der Waals surface area contributed by atoms with Gasteiger partial charge in [-0.2, -0.15) is 5.10 Å². The fourth-order valence-electron chi connectivity index (χ4n) is 7.54. The molecule has 3 aliphatic rings. The highest BCUT2D eigenvalue weighted by Crippen LogP contribution is 2.48. The number of rotatable bonds is 7. The Morgan fingerprint density at radius 3 is 2.49 bits per heavy atom. The summed E-state index contributed by atoms with van der Waals surface area (Å²) in [6.07, 6.45) is 9.39. The summed E-state index contributed by atoms with van der Waals surface area (Å²) >= 11 is 0. The number of carbonyl (C=O) groups is 2. The minimum absolute atomic E-state index is 0.0896. The summed E-state index contributed by atoms with van der Waals surface area (Å²) in [7, 11) is -0.324. The van der Waals surface area contributed by atoms with Gasteiger partial charge in [-0.05, 0) is 85.7 Å². The molecule has 7 rings (SSSR count). The fourth-order valence-corrected chi connectivity index (χ4v) is 8.16. The van der Waals surface area contributed by atoms with E-state index in [-0.39, 0.29) is 11.5 Å². The van der Waals surface area contributed by atoms with Crippen molar-refractivity contribution in [2.45, 2.75) is 63.7 Å². The Hall–Kier alpha value is -4.42. The fraction of sp³-hybridized carbons (Fsp3) is 0.432. The van der Waals surface area contributed by atoms with Crippen molar-refractivity contribution in [3.05, 3.63) is 70.5 Å². The largest absolute Gasteiger partial charge is 0.497 e. The van der Waals surface area contributed by atoms with Crippen LogP contribution in [0.25, 0.3) is 33.8 Å². The van der Waals surface area contributed by atoms with Crippen molar-refractivity contribution in [2.75, 3.05) is 33.4 Å². The summed E-state index contributed by atoms with van der Waals surface area (Å²) in [4.78, 5) is 29.1. The number of hydrogen-bond acceptors (Lipinski definition) is 7. The number of methoxy groups -OCH3 is 1. The van der Waals surface area contributed by atoms with Crippen LogP contribution in [0.1, 0.15) is 89.4 Å². The molecule has 2 aromatic heterocycles. The van der Waals surface area contributed by atoms with E-state index >= 15 is 0 Å². The number of morpholine rings is 1. The molecular weight excluding hydrogens is 643 g/mol. The van der Waals surface area contributed by atoms with E-state index in [9.17, 15) is 18.0 Å². The lowest BCUT2D eigenvalue weighted by molar-refractivity contribution is 0.0302. The molecule has 258 valence electrons. The summed E-state index contributed by atoms with van der Waals surface area (Å²) in [5.41, 5.74) is 7.53. The second-order valence-corrected chi connectivity index (χ2v) is 15.7. The minimum Gasteiger partial charge on any atom is -0.497 e. The van der Waals surface area contributed by atoms with Crippen LogP contribution in [0.2, 0.25) is 0 Å². The molecule has 0 bridgehead atoms. The van der Waals surface area contributed by atoms with Crippen LogP contribution in [-0.2, 0) is 28.4 Å². The summed E-state index contributed by atoms with van der Waals surface area (Å²) in [5.74, 6) is 0.288. The molecule has 4 heterocycles. The van der Waals surface area contributed by atoms with Gasteiger partial charge in [0.1, 0.15) is 5.75 Å². The molecule has 0 spiro atoms. The number of nitrogens with zero attached hydrogens (tertiary/aromatic N) is 4. The number of aryl methyl sites for hydroxylation is 1. The van der Waals surface area contributed by atoms with Crippen molar-refractivity contribution in [2.24, 2.45) is 7.05 Å². The van der Waals surface area contributed by atoms with E-state index in [0.29, 0.717) is 44.3 Å². The van der Waals surface area contributed by atoms with Crippen molar-refractivity contribution in [3.8, 4) is 17.0 Å². The lowest BCUT2D eigenvalue weighted by Gasteiger charge is -2.27. The molecule has 2 amide bonds. The highest BCUT2D eigenvalue weighted by atomic mass is 32.2. The standard InChI is InChI=1S/C37H43N5O6S/c1-23(2)49(45,46)39-36(43)25-10-12-30-32(20-25)42-22-27(34-31(21-38-40(34)3)37(44)41-14-16-48-17-15-41)18-26-19-28(47-4)11-13-29(26)35(42)33(30)24-8-6-5-7-9-24/h10-13,18-21,23-24H,5-9,14-17,22H2,1-4H3,(H,39,43). The lowest BCUT2D eigenvalue weighted by atomic mass is 9.81. The number of allylic oxidation sites excluding steroid dienone is 1. The third-order valence-corrected chi connectivity index (χ3v) is 11.9. The smallest absolute Gasteiger partial charge is 0.264 e. The van der Waals surface area contributed by atoms with Crippen LogP contribution < -0.4 is 9.46 Å². The van der Waals surface area contributed by atoms with Gasteiger partial charge < -0.3 is 18.9 Å². The van der Waals surface area contributed by atoms with Crippen LogP contribution in [0.4, 0.5) is 0 Å². The van der Waals surface area contributed by atoms with Crippen LogP contribution in [0.3, 0.4) is 0 Å². The quantitative estimate of drug-likeness (QED) is 0.269. The number of fused-ring (bicyclic) bond motifs is 5. The van der Waals surface area contributed by atoms with E-state index in [4.69, 9.17) is 9.47 Å². The molecule has 1 N–H and O–H groups in total. The lowest BCUT2D eigenvalue weighted by Crippen LogP contribution is -2.40. The summed E-state index contributed by atoms with van der Waals surface area (Å²) < 4.78 is 42.8. The highest BCUT2D eigenvalue weighted by Gasteiger charge is 2.32. The van der Waals surface area contributed by atoms with Crippen LogP contribution in [0, 0.1) is 0 Å². The summed E-state index contributed by atoms with van der Waals surface area (Å²) in [6.45, 7) is 5.50. The van der Waals surface area contributed by atoms with Crippen molar-refractivity contribution in [3.63, 3.8) is 0 Å². The maximum Gasteiger partial charge on any atom is 0.264 e. The second kappa shape index (κ2) is 13.1. The number of nitrogens with one attached hydrogen (secondary N) is 1.